The number of aliphatic hydroxyl groups excluding tert-OH is 1. The molecule has 1 aliphatic heterocycles. The van der Waals surface area contributed by atoms with Gasteiger partial charge in [-0.2, -0.15) is 0 Å². The number of nitrogens with zero attached hydrogens (tertiary/aromatic N) is 1. The third-order valence-corrected chi connectivity index (χ3v) is 4.04. The number of carboxylic acids is 2. The van der Waals surface area contributed by atoms with Gasteiger partial charge in [0.25, 0.3) is 0 Å². The molecule has 4 unspecified atom stereocenters. The van der Waals surface area contributed by atoms with Crippen LogP contribution in [0.4, 0.5) is 0 Å². The zero-order valence-electron chi connectivity index (χ0n) is 14.8. The summed E-state index contributed by atoms with van der Waals surface area (Å²) in [5.41, 5.74) is 5.36. The average molecular weight is 388 g/mol. The molecule has 0 aromatic rings. The fourth-order valence-corrected chi connectivity index (χ4v) is 2.63. The monoisotopic (exact) mass is 388 g/mol. The molecule has 1 heterocycles. The summed E-state index contributed by atoms with van der Waals surface area (Å²) < 4.78 is 0. The molecular formula is C15H24N4O8. The van der Waals surface area contributed by atoms with Crippen molar-refractivity contribution in [3.8, 4) is 0 Å². The standard InChI is InChI=1S/C15H24N4O8/c1-7(16)12(23)18-9(6-20)13(24)17-8(5-11(21)22)14(25)19-4-2-3-10(19)15(26)27/h7-10,20H,2-6,16H2,1H3,(H,17,24)(H,18,23)(H,21,22)(H,26,27). The molecule has 0 radical (unpaired) electrons. The molecule has 0 saturated carbocycles. The Kier molecular flexibility index (Phi) is 8.12. The van der Waals surface area contributed by atoms with Gasteiger partial charge in [0.1, 0.15) is 18.1 Å². The lowest BCUT2D eigenvalue weighted by Gasteiger charge is -2.27. The van der Waals surface area contributed by atoms with Crippen LogP contribution in [0.15, 0.2) is 0 Å². The Labute approximate surface area is 154 Å². The number of rotatable bonds is 9. The number of carbonyl (C=O) groups excluding carboxylic acids is 3. The molecule has 7 N–H and O–H groups in total. The summed E-state index contributed by atoms with van der Waals surface area (Å²) >= 11 is 0. The van der Waals surface area contributed by atoms with Crippen molar-refractivity contribution >= 4 is 29.7 Å². The second kappa shape index (κ2) is 9.83. The topological polar surface area (TPSA) is 199 Å². The van der Waals surface area contributed by atoms with E-state index in [2.05, 4.69) is 10.6 Å². The third-order valence-electron chi connectivity index (χ3n) is 4.04. The van der Waals surface area contributed by atoms with E-state index in [1.165, 1.54) is 6.92 Å². The molecule has 1 fully saturated rings. The Balaban J connectivity index is 2.91. The van der Waals surface area contributed by atoms with Gasteiger partial charge in [0.05, 0.1) is 19.1 Å². The van der Waals surface area contributed by atoms with Crippen LogP contribution < -0.4 is 16.4 Å². The highest BCUT2D eigenvalue weighted by Gasteiger charge is 2.39. The quantitative estimate of drug-likeness (QED) is 0.236. The van der Waals surface area contributed by atoms with Crippen LogP contribution in [0, 0.1) is 0 Å². The maximum Gasteiger partial charge on any atom is 0.326 e. The number of hydrogen-bond donors (Lipinski definition) is 6. The molecule has 0 bridgehead atoms. The van der Waals surface area contributed by atoms with E-state index in [0.29, 0.717) is 6.42 Å². The van der Waals surface area contributed by atoms with E-state index in [1.54, 1.807) is 0 Å². The van der Waals surface area contributed by atoms with Gasteiger partial charge in [0.15, 0.2) is 0 Å². The first kappa shape index (κ1) is 22.3. The molecule has 1 saturated heterocycles. The van der Waals surface area contributed by atoms with Crippen LogP contribution in [-0.2, 0) is 24.0 Å². The highest BCUT2D eigenvalue weighted by Crippen LogP contribution is 2.19. The predicted octanol–water partition coefficient (Wildman–Crippen LogP) is -3.15. The summed E-state index contributed by atoms with van der Waals surface area (Å²) in [6.45, 7) is 0.671. The van der Waals surface area contributed by atoms with Crippen molar-refractivity contribution in [3.63, 3.8) is 0 Å². The Morgan fingerprint density at radius 2 is 1.70 bits per heavy atom. The van der Waals surface area contributed by atoms with Crippen molar-refractivity contribution in [2.75, 3.05) is 13.2 Å². The number of carbonyl (C=O) groups is 5. The lowest BCUT2D eigenvalue weighted by Crippen LogP contribution is -2.58. The Morgan fingerprint density at radius 3 is 2.19 bits per heavy atom. The fourth-order valence-electron chi connectivity index (χ4n) is 2.63. The summed E-state index contributed by atoms with van der Waals surface area (Å²) in [4.78, 5) is 59.7. The molecule has 0 aromatic carbocycles. The van der Waals surface area contributed by atoms with Crippen molar-refractivity contribution in [1.29, 1.82) is 0 Å². The molecule has 0 spiro atoms. The van der Waals surface area contributed by atoms with E-state index in [4.69, 9.17) is 15.9 Å². The molecular weight excluding hydrogens is 364 g/mol. The number of carboxylic acid groups (broad SMARTS) is 2. The lowest BCUT2D eigenvalue weighted by atomic mass is 10.1. The van der Waals surface area contributed by atoms with Crippen molar-refractivity contribution in [3.05, 3.63) is 0 Å². The van der Waals surface area contributed by atoms with Gasteiger partial charge >= 0.3 is 11.9 Å². The third kappa shape index (κ3) is 6.18. The molecule has 27 heavy (non-hydrogen) atoms. The SMILES string of the molecule is CC(N)C(=O)NC(CO)C(=O)NC(CC(=O)O)C(=O)N1CCCC1C(=O)O. The molecule has 152 valence electrons. The number of nitrogens with one attached hydrogen (secondary N) is 2. The molecule has 1 rings (SSSR count). The highest BCUT2D eigenvalue weighted by molar-refractivity contribution is 5.95. The predicted molar refractivity (Wildman–Crippen MR) is 89.2 cm³/mol. The second-order valence-electron chi connectivity index (χ2n) is 6.22. The minimum atomic E-state index is -1.55. The Hall–Kier alpha value is -2.73. The molecule has 0 aliphatic carbocycles. The van der Waals surface area contributed by atoms with Crippen molar-refractivity contribution in [1.82, 2.24) is 15.5 Å². The molecule has 12 heteroatoms. The number of aliphatic carboxylic acids is 2. The summed E-state index contributed by atoms with van der Waals surface area (Å²) in [6, 6.07) is -5.04. The Bertz CT molecular complexity index is 609. The van der Waals surface area contributed by atoms with E-state index >= 15 is 0 Å². The van der Waals surface area contributed by atoms with Crippen LogP contribution in [-0.4, -0.2) is 87.2 Å². The van der Waals surface area contributed by atoms with Crippen LogP contribution in [0.5, 0.6) is 0 Å². The summed E-state index contributed by atoms with van der Waals surface area (Å²) in [6.07, 6.45) is -0.133. The van der Waals surface area contributed by atoms with Crippen LogP contribution in [0.3, 0.4) is 0 Å². The minimum Gasteiger partial charge on any atom is -0.481 e. The van der Waals surface area contributed by atoms with Crippen LogP contribution in [0.2, 0.25) is 0 Å². The van der Waals surface area contributed by atoms with Crippen molar-refractivity contribution in [2.45, 2.75) is 50.4 Å². The van der Waals surface area contributed by atoms with E-state index in [0.717, 1.165) is 4.90 Å². The first-order chi connectivity index (χ1) is 12.6. The van der Waals surface area contributed by atoms with Gasteiger partial charge in [-0.3, -0.25) is 19.2 Å². The summed E-state index contributed by atoms with van der Waals surface area (Å²) in [5.74, 6) is -5.18. The van der Waals surface area contributed by atoms with Crippen molar-refractivity contribution in [2.24, 2.45) is 5.73 Å². The van der Waals surface area contributed by atoms with Gasteiger partial charge in [-0.25, -0.2) is 4.79 Å². The van der Waals surface area contributed by atoms with Crippen LogP contribution in [0.25, 0.3) is 0 Å². The highest BCUT2D eigenvalue weighted by atomic mass is 16.4. The van der Waals surface area contributed by atoms with Gasteiger partial charge in [-0.15, -0.1) is 0 Å². The average Bonchev–Trinajstić information content (AvgIpc) is 3.07. The second-order valence-corrected chi connectivity index (χ2v) is 6.22. The largest absolute Gasteiger partial charge is 0.481 e. The minimum absolute atomic E-state index is 0.118. The maximum atomic E-state index is 12.6. The number of likely N-dealkylation sites (tertiary alicyclic amines) is 1. The number of nitrogens with two attached hydrogens (primary N) is 1. The van der Waals surface area contributed by atoms with E-state index < -0.39 is 66.9 Å². The van der Waals surface area contributed by atoms with E-state index in [-0.39, 0.29) is 13.0 Å². The first-order valence-corrected chi connectivity index (χ1v) is 8.30. The summed E-state index contributed by atoms with van der Waals surface area (Å²) in [5, 5.41) is 31.8. The summed E-state index contributed by atoms with van der Waals surface area (Å²) in [7, 11) is 0. The molecule has 1 aliphatic rings. The fraction of sp³-hybridized carbons (Fsp3) is 0.667. The van der Waals surface area contributed by atoms with E-state index in [9.17, 15) is 29.1 Å². The maximum absolute atomic E-state index is 12.6. The first-order valence-electron chi connectivity index (χ1n) is 8.30. The van der Waals surface area contributed by atoms with Gasteiger partial charge < -0.3 is 36.6 Å². The van der Waals surface area contributed by atoms with Gasteiger partial charge in [0, 0.05) is 6.54 Å². The smallest absolute Gasteiger partial charge is 0.326 e. The number of hydrogen-bond acceptors (Lipinski definition) is 7. The zero-order valence-corrected chi connectivity index (χ0v) is 14.8. The van der Waals surface area contributed by atoms with Gasteiger partial charge in [-0.05, 0) is 19.8 Å². The van der Waals surface area contributed by atoms with Gasteiger partial charge in [-0.1, -0.05) is 0 Å². The Morgan fingerprint density at radius 1 is 1.11 bits per heavy atom. The zero-order chi connectivity index (χ0) is 20.7. The van der Waals surface area contributed by atoms with E-state index in [1.807, 2.05) is 0 Å². The molecule has 4 atom stereocenters. The van der Waals surface area contributed by atoms with Crippen LogP contribution in [0.1, 0.15) is 26.2 Å². The van der Waals surface area contributed by atoms with Gasteiger partial charge in [0.2, 0.25) is 17.7 Å². The normalized spacial score (nSPS) is 19.7. The number of amides is 3. The molecule has 12 nitrogen and oxygen atoms in total. The lowest BCUT2D eigenvalue weighted by molar-refractivity contribution is -0.150. The van der Waals surface area contributed by atoms with Crippen LogP contribution >= 0.6 is 0 Å². The molecule has 3 amide bonds. The van der Waals surface area contributed by atoms with Crippen molar-refractivity contribution < 1.29 is 39.3 Å². The number of aliphatic hydroxyl groups is 1. The molecule has 0 aromatic heterocycles.